The maximum absolute atomic E-state index is 5.49. The Bertz CT molecular complexity index is 130. The highest BCUT2D eigenvalue weighted by Gasteiger charge is 2.13. The van der Waals surface area contributed by atoms with Crippen molar-refractivity contribution in [3.63, 3.8) is 0 Å². The van der Waals surface area contributed by atoms with Crippen LogP contribution in [0.25, 0.3) is 0 Å². The van der Waals surface area contributed by atoms with Crippen LogP contribution in [-0.4, -0.2) is 32.7 Å². The van der Waals surface area contributed by atoms with Crippen LogP contribution in [0.15, 0.2) is 0 Å². The van der Waals surface area contributed by atoms with E-state index in [1.807, 2.05) is 0 Å². The van der Waals surface area contributed by atoms with Crippen LogP contribution in [0.2, 0.25) is 0 Å². The van der Waals surface area contributed by atoms with E-state index in [1.54, 1.807) is 0 Å². The fourth-order valence-electron chi connectivity index (χ4n) is 1.30. The largest absolute Gasteiger partial charge is 0.381 e. The Labute approximate surface area is 86.7 Å². The highest BCUT2D eigenvalue weighted by Crippen LogP contribution is 2.08. The van der Waals surface area contributed by atoms with Crippen molar-refractivity contribution in [3.8, 4) is 0 Å². The molecule has 0 spiro atoms. The summed E-state index contributed by atoms with van der Waals surface area (Å²) in [7, 11) is 0. The predicted molar refractivity (Wildman–Crippen MR) is 55.2 cm³/mol. The summed E-state index contributed by atoms with van der Waals surface area (Å²) in [5, 5.41) is 0. The van der Waals surface area contributed by atoms with Crippen LogP contribution in [0.1, 0.15) is 33.1 Å². The van der Waals surface area contributed by atoms with Crippen molar-refractivity contribution in [2.24, 2.45) is 5.92 Å². The van der Waals surface area contributed by atoms with Crippen LogP contribution in [0.4, 0.5) is 0 Å². The Morgan fingerprint density at radius 3 is 2.57 bits per heavy atom. The van der Waals surface area contributed by atoms with E-state index in [0.29, 0.717) is 0 Å². The number of rotatable bonds is 6. The summed E-state index contributed by atoms with van der Waals surface area (Å²) in [6, 6.07) is 0. The molecule has 1 aliphatic heterocycles. The third-order valence-electron chi connectivity index (χ3n) is 2.23. The van der Waals surface area contributed by atoms with Crippen LogP contribution in [0.3, 0.4) is 0 Å². The minimum absolute atomic E-state index is 0.0252. The van der Waals surface area contributed by atoms with Gasteiger partial charge in [0.05, 0.1) is 19.8 Å². The number of hydrogen-bond acceptors (Lipinski definition) is 3. The summed E-state index contributed by atoms with van der Waals surface area (Å²) < 4.78 is 16.3. The van der Waals surface area contributed by atoms with Gasteiger partial charge in [0.2, 0.25) is 0 Å². The molecule has 0 aromatic carbocycles. The van der Waals surface area contributed by atoms with Gasteiger partial charge in [-0.3, -0.25) is 0 Å². The Morgan fingerprint density at radius 1 is 1.21 bits per heavy atom. The second-order valence-corrected chi connectivity index (χ2v) is 4.11. The monoisotopic (exact) mass is 202 g/mol. The maximum atomic E-state index is 5.49. The van der Waals surface area contributed by atoms with E-state index in [2.05, 4.69) is 13.8 Å². The Balaban J connectivity index is 1.87. The topological polar surface area (TPSA) is 27.7 Å². The number of ether oxygens (including phenoxy) is 3. The van der Waals surface area contributed by atoms with Gasteiger partial charge in [-0.15, -0.1) is 0 Å². The zero-order valence-electron chi connectivity index (χ0n) is 9.33. The van der Waals surface area contributed by atoms with Crippen molar-refractivity contribution in [2.75, 3.05) is 26.4 Å². The third-order valence-corrected chi connectivity index (χ3v) is 2.23. The van der Waals surface area contributed by atoms with Crippen LogP contribution >= 0.6 is 0 Å². The summed E-state index contributed by atoms with van der Waals surface area (Å²) >= 11 is 0. The first-order chi connectivity index (χ1) is 6.79. The summed E-state index contributed by atoms with van der Waals surface area (Å²) in [4.78, 5) is 0. The first-order valence-electron chi connectivity index (χ1n) is 5.60. The zero-order valence-corrected chi connectivity index (χ0v) is 9.33. The molecule has 0 radical (unpaired) electrons. The molecule has 0 aliphatic carbocycles. The molecule has 1 aliphatic rings. The summed E-state index contributed by atoms with van der Waals surface area (Å²) in [5.74, 6) is 0.720. The summed E-state index contributed by atoms with van der Waals surface area (Å²) in [6.07, 6.45) is 2.98. The molecule has 1 fully saturated rings. The normalized spacial score (nSPS) is 19.1. The molecule has 84 valence electrons. The lowest BCUT2D eigenvalue weighted by molar-refractivity contribution is -0.186. The molecular formula is C11H22O3. The van der Waals surface area contributed by atoms with Crippen molar-refractivity contribution in [2.45, 2.75) is 39.4 Å². The van der Waals surface area contributed by atoms with Crippen LogP contribution in [0.5, 0.6) is 0 Å². The van der Waals surface area contributed by atoms with Crippen LogP contribution < -0.4 is 0 Å². The molecule has 0 atom stereocenters. The second kappa shape index (κ2) is 7.21. The number of hydrogen-bond donors (Lipinski definition) is 0. The van der Waals surface area contributed by atoms with Crippen molar-refractivity contribution in [1.29, 1.82) is 0 Å². The van der Waals surface area contributed by atoms with E-state index >= 15 is 0 Å². The van der Waals surface area contributed by atoms with E-state index in [4.69, 9.17) is 14.2 Å². The minimum Gasteiger partial charge on any atom is -0.381 e. The molecule has 3 nitrogen and oxygen atoms in total. The lowest BCUT2D eigenvalue weighted by Crippen LogP contribution is -2.26. The SMILES string of the molecule is CC(C)CCOCCC1OCCCO1. The van der Waals surface area contributed by atoms with Crippen molar-refractivity contribution in [1.82, 2.24) is 0 Å². The predicted octanol–water partition coefficient (Wildman–Crippen LogP) is 2.20. The van der Waals surface area contributed by atoms with Crippen molar-refractivity contribution < 1.29 is 14.2 Å². The summed E-state index contributed by atoms with van der Waals surface area (Å²) in [6.45, 7) is 7.67. The molecule has 3 heteroatoms. The van der Waals surface area contributed by atoms with Gasteiger partial charge in [-0.05, 0) is 18.8 Å². The fourth-order valence-corrected chi connectivity index (χ4v) is 1.30. The molecule has 0 saturated carbocycles. The molecule has 0 aromatic heterocycles. The van der Waals surface area contributed by atoms with Crippen LogP contribution in [0, 0.1) is 5.92 Å². The molecule has 0 N–H and O–H groups in total. The molecule has 0 bridgehead atoms. The third kappa shape index (κ3) is 5.58. The quantitative estimate of drug-likeness (QED) is 0.618. The lowest BCUT2D eigenvalue weighted by atomic mass is 10.1. The second-order valence-electron chi connectivity index (χ2n) is 4.11. The standard InChI is InChI=1S/C11H22O3/c1-10(2)4-8-12-9-5-11-13-6-3-7-14-11/h10-11H,3-9H2,1-2H3. The molecule has 1 rings (SSSR count). The highest BCUT2D eigenvalue weighted by atomic mass is 16.7. The minimum atomic E-state index is -0.0252. The van der Waals surface area contributed by atoms with Gasteiger partial charge in [0, 0.05) is 13.0 Å². The van der Waals surface area contributed by atoms with Gasteiger partial charge in [-0.2, -0.15) is 0 Å². The first kappa shape index (κ1) is 12.0. The van der Waals surface area contributed by atoms with Gasteiger partial charge in [-0.1, -0.05) is 13.8 Å². The van der Waals surface area contributed by atoms with Gasteiger partial charge < -0.3 is 14.2 Å². The van der Waals surface area contributed by atoms with Gasteiger partial charge in [0.25, 0.3) is 0 Å². The van der Waals surface area contributed by atoms with Gasteiger partial charge in [-0.25, -0.2) is 0 Å². The van der Waals surface area contributed by atoms with Gasteiger partial charge in [0.1, 0.15) is 0 Å². The maximum Gasteiger partial charge on any atom is 0.159 e. The average Bonchev–Trinajstić information content (AvgIpc) is 2.18. The van der Waals surface area contributed by atoms with E-state index in [1.165, 1.54) is 0 Å². The van der Waals surface area contributed by atoms with E-state index in [-0.39, 0.29) is 6.29 Å². The molecule has 1 heterocycles. The van der Waals surface area contributed by atoms with Gasteiger partial charge >= 0.3 is 0 Å². The molecular weight excluding hydrogens is 180 g/mol. The zero-order chi connectivity index (χ0) is 10.2. The van der Waals surface area contributed by atoms with E-state index in [0.717, 1.165) is 51.6 Å². The van der Waals surface area contributed by atoms with E-state index in [9.17, 15) is 0 Å². The Hall–Kier alpha value is -0.120. The first-order valence-corrected chi connectivity index (χ1v) is 5.60. The lowest BCUT2D eigenvalue weighted by Gasteiger charge is -2.22. The molecule has 0 unspecified atom stereocenters. The fraction of sp³-hybridized carbons (Fsp3) is 1.00. The van der Waals surface area contributed by atoms with Crippen molar-refractivity contribution >= 4 is 0 Å². The van der Waals surface area contributed by atoms with Crippen molar-refractivity contribution in [3.05, 3.63) is 0 Å². The smallest absolute Gasteiger partial charge is 0.159 e. The average molecular weight is 202 g/mol. The Morgan fingerprint density at radius 2 is 1.93 bits per heavy atom. The highest BCUT2D eigenvalue weighted by molar-refractivity contribution is 4.51. The van der Waals surface area contributed by atoms with Gasteiger partial charge in [0.15, 0.2) is 6.29 Å². The summed E-state index contributed by atoms with van der Waals surface area (Å²) in [5.41, 5.74) is 0. The molecule has 0 aromatic rings. The molecule has 1 saturated heterocycles. The Kier molecular flexibility index (Phi) is 6.15. The molecule has 14 heavy (non-hydrogen) atoms. The van der Waals surface area contributed by atoms with Crippen LogP contribution in [-0.2, 0) is 14.2 Å². The molecule has 0 amide bonds. The van der Waals surface area contributed by atoms with E-state index < -0.39 is 0 Å².